The molecule has 0 aliphatic carbocycles. The molecular weight excluding hydrogens is 168 g/mol. The fourth-order valence-corrected chi connectivity index (χ4v) is 1.04. The zero-order chi connectivity index (χ0) is 9.84. The average molecular weight is 178 g/mol. The van der Waals surface area contributed by atoms with Gasteiger partial charge in [-0.2, -0.15) is 0 Å². The predicted octanol–water partition coefficient (Wildman–Crippen LogP) is 0.772. The lowest BCUT2D eigenvalue weighted by Gasteiger charge is -2.03. The normalized spacial score (nSPS) is 11.3. The summed E-state index contributed by atoms with van der Waals surface area (Å²) in [5, 5.41) is 8.76. The van der Waals surface area contributed by atoms with Gasteiger partial charge in [-0.1, -0.05) is 18.2 Å². The zero-order valence-electron chi connectivity index (χ0n) is 7.19. The van der Waals surface area contributed by atoms with Gasteiger partial charge < -0.3 is 10.8 Å². The molecule has 68 valence electrons. The summed E-state index contributed by atoms with van der Waals surface area (Å²) in [6, 6.07) is 6.74. The van der Waals surface area contributed by atoms with E-state index in [4.69, 9.17) is 10.8 Å². The summed E-state index contributed by atoms with van der Waals surface area (Å²) in [7, 11) is 1.43. The van der Waals surface area contributed by atoms with E-state index in [1.165, 1.54) is 7.05 Å². The number of para-hydroxylation sites is 1. The molecule has 0 aliphatic rings. The van der Waals surface area contributed by atoms with Crippen molar-refractivity contribution >= 4 is 17.4 Å². The molecule has 3 N–H and O–H groups in total. The highest BCUT2D eigenvalue weighted by Crippen LogP contribution is 2.11. The van der Waals surface area contributed by atoms with Gasteiger partial charge in [0.2, 0.25) is 0 Å². The number of anilines is 1. The number of nitrogen functional groups attached to an aromatic ring is 1. The molecule has 0 atom stereocenters. The molecule has 0 amide bonds. The highest BCUT2D eigenvalue weighted by Gasteiger charge is 2.13. The number of benzene rings is 1. The number of aliphatic carboxylic acids is 1. The van der Waals surface area contributed by atoms with Gasteiger partial charge in [0.05, 0.1) is 0 Å². The van der Waals surface area contributed by atoms with Gasteiger partial charge in [-0.15, -0.1) is 0 Å². The van der Waals surface area contributed by atoms with Crippen molar-refractivity contribution in [3.05, 3.63) is 29.8 Å². The van der Waals surface area contributed by atoms with E-state index in [0.29, 0.717) is 11.3 Å². The van der Waals surface area contributed by atoms with Crippen LogP contribution in [0.5, 0.6) is 0 Å². The molecule has 0 aromatic heterocycles. The van der Waals surface area contributed by atoms with Gasteiger partial charge >= 0.3 is 5.97 Å². The van der Waals surface area contributed by atoms with Crippen LogP contribution >= 0.6 is 0 Å². The molecule has 0 saturated heterocycles. The number of nitrogens with zero attached hydrogens (tertiary/aromatic N) is 1. The first-order chi connectivity index (χ1) is 6.16. The highest BCUT2D eigenvalue weighted by molar-refractivity contribution is 6.43. The highest BCUT2D eigenvalue weighted by atomic mass is 16.4. The van der Waals surface area contributed by atoms with Gasteiger partial charge in [-0.05, 0) is 6.07 Å². The molecule has 0 aliphatic heterocycles. The van der Waals surface area contributed by atoms with Crippen molar-refractivity contribution in [1.29, 1.82) is 0 Å². The van der Waals surface area contributed by atoms with E-state index in [-0.39, 0.29) is 5.71 Å². The quantitative estimate of drug-likeness (QED) is 0.518. The molecule has 0 spiro atoms. The topological polar surface area (TPSA) is 75.7 Å². The Morgan fingerprint density at radius 2 is 2.08 bits per heavy atom. The maximum absolute atomic E-state index is 10.7. The maximum atomic E-state index is 10.7. The molecule has 0 radical (unpaired) electrons. The van der Waals surface area contributed by atoms with Crippen molar-refractivity contribution in [2.75, 3.05) is 12.8 Å². The van der Waals surface area contributed by atoms with Crippen LogP contribution in [-0.2, 0) is 4.79 Å². The Bertz CT molecular complexity index is 358. The lowest BCUT2D eigenvalue weighted by Crippen LogP contribution is -2.15. The Morgan fingerprint density at radius 3 is 2.54 bits per heavy atom. The molecule has 1 aromatic carbocycles. The van der Waals surface area contributed by atoms with Gasteiger partial charge in [0, 0.05) is 18.3 Å². The van der Waals surface area contributed by atoms with E-state index < -0.39 is 5.97 Å². The monoisotopic (exact) mass is 178 g/mol. The summed E-state index contributed by atoms with van der Waals surface area (Å²) >= 11 is 0. The van der Waals surface area contributed by atoms with Crippen LogP contribution in [-0.4, -0.2) is 23.8 Å². The molecule has 0 heterocycles. The molecule has 1 rings (SSSR count). The molecule has 13 heavy (non-hydrogen) atoms. The van der Waals surface area contributed by atoms with Gasteiger partial charge in [-0.3, -0.25) is 4.99 Å². The van der Waals surface area contributed by atoms with Crippen LogP contribution in [0.1, 0.15) is 5.56 Å². The van der Waals surface area contributed by atoms with Crippen molar-refractivity contribution in [1.82, 2.24) is 0 Å². The number of hydrogen-bond donors (Lipinski definition) is 2. The fourth-order valence-electron chi connectivity index (χ4n) is 1.04. The number of rotatable bonds is 2. The lowest BCUT2D eigenvalue weighted by atomic mass is 10.1. The number of carboxylic acid groups (broad SMARTS) is 1. The van der Waals surface area contributed by atoms with E-state index in [1.54, 1.807) is 24.3 Å². The molecule has 4 heteroatoms. The zero-order valence-corrected chi connectivity index (χ0v) is 7.19. The lowest BCUT2D eigenvalue weighted by molar-refractivity contribution is -0.129. The molecule has 0 saturated carbocycles. The van der Waals surface area contributed by atoms with Crippen molar-refractivity contribution in [2.24, 2.45) is 4.99 Å². The Balaban J connectivity index is 3.21. The summed E-state index contributed by atoms with van der Waals surface area (Å²) in [5.41, 5.74) is 6.45. The van der Waals surface area contributed by atoms with E-state index in [0.717, 1.165) is 0 Å². The van der Waals surface area contributed by atoms with Gasteiger partial charge in [0.1, 0.15) is 0 Å². The van der Waals surface area contributed by atoms with Crippen molar-refractivity contribution in [2.45, 2.75) is 0 Å². The number of carbonyl (C=O) groups is 1. The number of aliphatic imine (C=N–C) groups is 1. The van der Waals surface area contributed by atoms with Gasteiger partial charge in [0.15, 0.2) is 5.71 Å². The first-order valence-corrected chi connectivity index (χ1v) is 3.71. The van der Waals surface area contributed by atoms with Crippen molar-refractivity contribution in [3.63, 3.8) is 0 Å². The Kier molecular flexibility index (Phi) is 2.64. The van der Waals surface area contributed by atoms with Crippen LogP contribution in [0.4, 0.5) is 5.69 Å². The average Bonchev–Trinajstić information content (AvgIpc) is 2.09. The molecule has 0 bridgehead atoms. The van der Waals surface area contributed by atoms with Gasteiger partial charge in [-0.25, -0.2) is 4.79 Å². The SMILES string of the molecule is CN=C(C(=O)O)c1ccccc1N. The summed E-state index contributed by atoms with van der Waals surface area (Å²) in [5.74, 6) is -1.07. The second-order valence-electron chi connectivity index (χ2n) is 2.46. The van der Waals surface area contributed by atoms with E-state index in [9.17, 15) is 4.79 Å². The van der Waals surface area contributed by atoms with Crippen LogP contribution in [0.2, 0.25) is 0 Å². The number of carboxylic acids is 1. The molecule has 0 fully saturated rings. The smallest absolute Gasteiger partial charge is 0.354 e. The standard InChI is InChI=1S/C9H10N2O2/c1-11-8(9(12)13)6-4-2-3-5-7(6)10/h2-5H,10H2,1H3,(H,12,13). The minimum atomic E-state index is -1.07. The van der Waals surface area contributed by atoms with Crippen LogP contribution in [0.15, 0.2) is 29.3 Å². The fraction of sp³-hybridized carbons (Fsp3) is 0.111. The third-order valence-electron chi connectivity index (χ3n) is 1.64. The predicted molar refractivity (Wildman–Crippen MR) is 51.0 cm³/mol. The van der Waals surface area contributed by atoms with Crippen LogP contribution in [0.3, 0.4) is 0 Å². The van der Waals surface area contributed by atoms with Gasteiger partial charge in [0.25, 0.3) is 0 Å². The van der Waals surface area contributed by atoms with Crippen molar-refractivity contribution < 1.29 is 9.90 Å². The third kappa shape index (κ3) is 1.84. The first-order valence-electron chi connectivity index (χ1n) is 3.71. The minimum Gasteiger partial charge on any atom is -0.477 e. The van der Waals surface area contributed by atoms with Crippen LogP contribution in [0, 0.1) is 0 Å². The third-order valence-corrected chi connectivity index (χ3v) is 1.64. The summed E-state index contributed by atoms with van der Waals surface area (Å²) in [6.45, 7) is 0. The minimum absolute atomic E-state index is 0.0156. The van der Waals surface area contributed by atoms with Crippen molar-refractivity contribution in [3.8, 4) is 0 Å². The van der Waals surface area contributed by atoms with E-state index in [2.05, 4.69) is 4.99 Å². The van der Waals surface area contributed by atoms with Crippen LogP contribution in [0.25, 0.3) is 0 Å². The second-order valence-corrected chi connectivity index (χ2v) is 2.46. The number of nitrogens with two attached hydrogens (primary N) is 1. The molecule has 1 aromatic rings. The van der Waals surface area contributed by atoms with E-state index >= 15 is 0 Å². The molecular formula is C9H10N2O2. The summed E-state index contributed by atoms with van der Waals surface area (Å²) < 4.78 is 0. The Morgan fingerprint density at radius 1 is 1.46 bits per heavy atom. The Hall–Kier alpha value is -1.84. The summed E-state index contributed by atoms with van der Waals surface area (Å²) in [4.78, 5) is 14.4. The molecule has 4 nitrogen and oxygen atoms in total. The summed E-state index contributed by atoms with van der Waals surface area (Å²) in [6.07, 6.45) is 0. The van der Waals surface area contributed by atoms with Crippen LogP contribution < -0.4 is 5.73 Å². The van der Waals surface area contributed by atoms with E-state index in [1.807, 2.05) is 0 Å². The maximum Gasteiger partial charge on any atom is 0.354 e. The largest absolute Gasteiger partial charge is 0.477 e. The second kappa shape index (κ2) is 3.71. The first kappa shape index (κ1) is 9.25. The Labute approximate surface area is 75.7 Å². The number of hydrogen-bond acceptors (Lipinski definition) is 3. The molecule has 0 unspecified atom stereocenters.